The van der Waals surface area contributed by atoms with Crippen molar-refractivity contribution in [3.05, 3.63) is 66.0 Å². The molecule has 2 atom stereocenters. The van der Waals surface area contributed by atoms with E-state index in [0.29, 0.717) is 31.4 Å². The fraction of sp³-hybridized carbons (Fsp3) is 0.444. The van der Waals surface area contributed by atoms with Crippen molar-refractivity contribution in [3.8, 4) is 0 Å². The van der Waals surface area contributed by atoms with Crippen molar-refractivity contribution in [2.24, 2.45) is 11.6 Å². The number of carbonyl (C=O) groups excluding carboxylic acids is 2. The average molecular weight is 525 g/mol. The highest BCUT2D eigenvalue weighted by atomic mass is 32.2. The summed E-state index contributed by atoms with van der Waals surface area (Å²) in [4.78, 5) is 34.3. The molecule has 5 rings (SSSR count). The molecule has 1 aromatic heterocycles. The van der Waals surface area contributed by atoms with Gasteiger partial charge in [0.15, 0.2) is 0 Å². The van der Waals surface area contributed by atoms with Crippen LogP contribution >= 0.6 is 11.8 Å². The number of benzene rings is 1. The summed E-state index contributed by atoms with van der Waals surface area (Å²) in [6.45, 7) is 4.16. The molecule has 0 radical (unpaired) electrons. The second kappa shape index (κ2) is 9.64. The molecule has 2 saturated carbocycles. The zero-order valence-electron chi connectivity index (χ0n) is 21.1. The van der Waals surface area contributed by atoms with E-state index in [1.54, 1.807) is 36.0 Å². The van der Waals surface area contributed by atoms with Crippen molar-refractivity contribution in [1.82, 2.24) is 15.2 Å². The van der Waals surface area contributed by atoms with Gasteiger partial charge in [0.2, 0.25) is 11.8 Å². The summed E-state index contributed by atoms with van der Waals surface area (Å²) in [5.74, 6) is 5.31. The number of aryl methyl sites for hydroxylation is 1. The molecule has 1 saturated heterocycles. The summed E-state index contributed by atoms with van der Waals surface area (Å²) in [6.07, 6.45) is 7.91. The van der Waals surface area contributed by atoms with Gasteiger partial charge in [-0.1, -0.05) is 12.1 Å². The molecule has 37 heavy (non-hydrogen) atoms. The molecular formula is C27H33FN6O2S. The SMILES string of the molecule is Cc1cnc(C2(C(=O)N3CC(Sc4ccccc4N(N)/C=C\N)C[C@H]3C(=O)NC3(C)CC3)CC2)c(F)c1. The number of aromatic nitrogens is 1. The number of amides is 2. The van der Waals surface area contributed by atoms with Gasteiger partial charge in [-0.3, -0.25) is 19.6 Å². The second-order valence-electron chi connectivity index (χ2n) is 10.6. The van der Waals surface area contributed by atoms with Crippen LogP contribution in [0.15, 0.2) is 53.8 Å². The van der Waals surface area contributed by atoms with Crippen LogP contribution in [0.25, 0.3) is 0 Å². The molecule has 0 bridgehead atoms. The smallest absolute Gasteiger partial charge is 0.243 e. The molecule has 5 N–H and O–H groups in total. The number of anilines is 1. The molecule has 3 fully saturated rings. The van der Waals surface area contributed by atoms with Crippen LogP contribution in [0.5, 0.6) is 0 Å². The minimum Gasteiger partial charge on any atom is -0.403 e. The highest BCUT2D eigenvalue weighted by Gasteiger charge is 2.58. The number of nitrogens with two attached hydrogens (primary N) is 2. The Morgan fingerprint density at radius 1 is 1.27 bits per heavy atom. The van der Waals surface area contributed by atoms with Crippen LogP contribution in [0.1, 0.15) is 50.3 Å². The standard InChI is InChI=1S/C27H33FN6O2S/c1-17-13-19(28)23(31-15-17)27(9-10-27)25(36)33-16-18(14-21(33)24(35)32-26(2)7-8-26)37-22-6-4-3-5-20(22)34(30)12-11-29/h3-6,11-13,15,18,21H,7-10,14,16,29-30H2,1-2H3,(H,32,35)/b12-11-/t18?,21-/m0/s1. The summed E-state index contributed by atoms with van der Waals surface area (Å²) >= 11 is 1.58. The maximum Gasteiger partial charge on any atom is 0.243 e. The van der Waals surface area contributed by atoms with Crippen LogP contribution in [-0.2, 0) is 15.0 Å². The van der Waals surface area contributed by atoms with E-state index < -0.39 is 17.3 Å². The van der Waals surface area contributed by atoms with Gasteiger partial charge in [0.1, 0.15) is 11.9 Å². The van der Waals surface area contributed by atoms with Crippen LogP contribution in [0.4, 0.5) is 10.1 Å². The van der Waals surface area contributed by atoms with Gasteiger partial charge in [0.25, 0.3) is 0 Å². The minimum atomic E-state index is -1.00. The number of hydrogen-bond acceptors (Lipinski definition) is 7. The molecule has 1 unspecified atom stereocenters. The molecule has 0 spiro atoms. The summed E-state index contributed by atoms with van der Waals surface area (Å²) in [6, 6.07) is 8.46. The van der Waals surface area contributed by atoms with Crippen LogP contribution in [0.3, 0.4) is 0 Å². The number of rotatable bonds is 8. The summed E-state index contributed by atoms with van der Waals surface area (Å²) in [5, 5.41) is 4.54. The number of para-hydroxylation sites is 1. The van der Waals surface area contributed by atoms with Crippen molar-refractivity contribution in [2.75, 3.05) is 11.6 Å². The highest BCUT2D eigenvalue weighted by molar-refractivity contribution is 8.00. The molecule has 10 heteroatoms. The number of carbonyl (C=O) groups is 2. The lowest BCUT2D eigenvalue weighted by atomic mass is 9.98. The van der Waals surface area contributed by atoms with Gasteiger partial charge in [-0.2, -0.15) is 0 Å². The number of likely N-dealkylation sites (tertiary alicyclic amines) is 1. The predicted molar refractivity (Wildman–Crippen MR) is 142 cm³/mol. The van der Waals surface area contributed by atoms with E-state index in [2.05, 4.69) is 10.3 Å². The molecule has 1 aliphatic heterocycles. The molecule has 196 valence electrons. The van der Waals surface area contributed by atoms with Gasteiger partial charge in [0, 0.05) is 40.8 Å². The first-order valence-electron chi connectivity index (χ1n) is 12.6. The Hall–Kier alpha value is -3.11. The topological polar surface area (TPSA) is 118 Å². The van der Waals surface area contributed by atoms with E-state index >= 15 is 0 Å². The van der Waals surface area contributed by atoms with E-state index in [4.69, 9.17) is 11.6 Å². The molecule has 1 aromatic carbocycles. The van der Waals surface area contributed by atoms with E-state index in [-0.39, 0.29) is 28.3 Å². The number of halogens is 1. The largest absolute Gasteiger partial charge is 0.403 e. The van der Waals surface area contributed by atoms with Crippen LogP contribution in [0.2, 0.25) is 0 Å². The van der Waals surface area contributed by atoms with Gasteiger partial charge >= 0.3 is 0 Å². The zero-order chi connectivity index (χ0) is 26.4. The highest BCUT2D eigenvalue weighted by Crippen LogP contribution is 2.51. The molecule has 3 aliphatic rings. The van der Waals surface area contributed by atoms with Gasteiger partial charge in [0.05, 0.1) is 16.8 Å². The summed E-state index contributed by atoms with van der Waals surface area (Å²) < 4.78 is 14.9. The van der Waals surface area contributed by atoms with E-state index in [1.807, 2.05) is 31.2 Å². The maximum atomic E-state index is 14.9. The Balaban J connectivity index is 1.42. The number of thioether (sulfide) groups is 1. The molecule has 2 heterocycles. The monoisotopic (exact) mass is 524 g/mol. The Morgan fingerprint density at radius 3 is 2.65 bits per heavy atom. The third kappa shape index (κ3) is 5.04. The summed E-state index contributed by atoms with van der Waals surface area (Å²) in [5.41, 5.74) is 5.97. The fourth-order valence-electron chi connectivity index (χ4n) is 5.01. The van der Waals surface area contributed by atoms with E-state index in [1.165, 1.54) is 17.3 Å². The first-order valence-corrected chi connectivity index (χ1v) is 13.5. The number of hydrogen-bond donors (Lipinski definition) is 3. The van der Waals surface area contributed by atoms with Crippen molar-refractivity contribution in [2.45, 2.75) is 73.1 Å². The predicted octanol–water partition coefficient (Wildman–Crippen LogP) is 3.10. The van der Waals surface area contributed by atoms with Crippen LogP contribution < -0.4 is 21.9 Å². The Bertz CT molecular complexity index is 1250. The number of hydrazine groups is 1. The van der Waals surface area contributed by atoms with Gasteiger partial charge in [-0.15, -0.1) is 11.8 Å². The Morgan fingerprint density at radius 2 is 2.00 bits per heavy atom. The maximum absolute atomic E-state index is 14.9. The van der Waals surface area contributed by atoms with Crippen LogP contribution in [0, 0.1) is 12.7 Å². The lowest BCUT2D eigenvalue weighted by Gasteiger charge is -2.29. The number of nitrogens with one attached hydrogen (secondary N) is 1. The minimum absolute atomic E-state index is 0.0465. The molecule has 2 aromatic rings. The number of pyridine rings is 1. The lowest BCUT2D eigenvalue weighted by molar-refractivity contribution is -0.140. The lowest BCUT2D eigenvalue weighted by Crippen LogP contribution is -2.51. The fourth-order valence-corrected chi connectivity index (χ4v) is 6.33. The Labute approximate surface area is 220 Å². The van der Waals surface area contributed by atoms with E-state index in [0.717, 1.165) is 23.4 Å². The Kier molecular flexibility index (Phi) is 6.66. The molecular weight excluding hydrogens is 491 g/mol. The van der Waals surface area contributed by atoms with E-state index in [9.17, 15) is 14.0 Å². The average Bonchev–Trinajstić information content (AvgIpc) is 3.77. The molecule has 8 nitrogen and oxygen atoms in total. The van der Waals surface area contributed by atoms with Crippen molar-refractivity contribution in [3.63, 3.8) is 0 Å². The first kappa shape index (κ1) is 25.5. The van der Waals surface area contributed by atoms with Crippen molar-refractivity contribution in [1.29, 1.82) is 0 Å². The van der Waals surface area contributed by atoms with Gasteiger partial charge in [-0.25, -0.2) is 10.2 Å². The number of nitrogens with zero attached hydrogens (tertiary/aromatic N) is 3. The van der Waals surface area contributed by atoms with Gasteiger partial charge in [-0.05, 0) is 69.7 Å². The van der Waals surface area contributed by atoms with Crippen LogP contribution in [-0.4, -0.2) is 45.1 Å². The zero-order valence-corrected chi connectivity index (χ0v) is 21.9. The second-order valence-corrected chi connectivity index (χ2v) is 12.0. The van der Waals surface area contributed by atoms with Crippen molar-refractivity contribution < 1.29 is 14.0 Å². The van der Waals surface area contributed by atoms with Crippen molar-refractivity contribution >= 4 is 29.3 Å². The third-order valence-electron chi connectivity index (χ3n) is 7.53. The molecule has 2 amide bonds. The third-order valence-corrected chi connectivity index (χ3v) is 8.80. The quantitative estimate of drug-likeness (QED) is 0.359. The normalized spacial score (nSPS) is 23.2. The first-order chi connectivity index (χ1) is 17.7. The summed E-state index contributed by atoms with van der Waals surface area (Å²) in [7, 11) is 0. The van der Waals surface area contributed by atoms with Gasteiger partial charge < -0.3 is 16.0 Å². The molecule has 2 aliphatic carbocycles.